The highest BCUT2D eigenvalue weighted by Gasteiger charge is 2.10. The lowest BCUT2D eigenvalue weighted by atomic mass is 10.0. The van der Waals surface area contributed by atoms with E-state index in [1.165, 1.54) is 13.2 Å². The molecule has 0 radical (unpaired) electrons. The van der Waals surface area contributed by atoms with Crippen molar-refractivity contribution in [2.75, 3.05) is 7.11 Å². The molecule has 0 aliphatic rings. The molecule has 3 aromatic carbocycles. The topological polar surface area (TPSA) is 42.2 Å². The van der Waals surface area contributed by atoms with E-state index in [0.29, 0.717) is 38.2 Å². The number of allylic oxidation sites excluding steroid dienone is 1. The van der Waals surface area contributed by atoms with Gasteiger partial charge in [0.1, 0.15) is 12.4 Å². The summed E-state index contributed by atoms with van der Waals surface area (Å²) < 4.78 is 24.9. The summed E-state index contributed by atoms with van der Waals surface area (Å²) in [6.45, 7) is 0.0715. The predicted octanol–water partition coefficient (Wildman–Crippen LogP) is 6.78. The largest absolute Gasteiger partial charge is 0.493 e. The van der Waals surface area contributed by atoms with Gasteiger partial charge in [-0.3, -0.25) is 0 Å². The van der Waals surface area contributed by atoms with Crippen LogP contribution < -0.4 is 9.47 Å². The molecule has 0 atom stereocenters. The second-order valence-corrected chi connectivity index (χ2v) is 6.93. The van der Waals surface area contributed by atoms with Gasteiger partial charge in [0.05, 0.1) is 23.8 Å². The fraction of sp³-hybridized carbons (Fsp3) is 0.0870. The average molecular weight is 428 g/mol. The van der Waals surface area contributed by atoms with Crippen molar-refractivity contribution in [1.82, 2.24) is 0 Å². The molecule has 0 aromatic heterocycles. The molecule has 146 valence electrons. The fourth-order valence-corrected chi connectivity index (χ4v) is 3.22. The molecular weight excluding hydrogens is 412 g/mol. The number of ether oxygens (including phenoxy) is 2. The number of methoxy groups -OCH3 is 1. The van der Waals surface area contributed by atoms with Gasteiger partial charge >= 0.3 is 0 Å². The van der Waals surface area contributed by atoms with Crippen LogP contribution in [-0.2, 0) is 6.61 Å². The van der Waals surface area contributed by atoms with E-state index in [0.717, 1.165) is 5.56 Å². The molecule has 3 rings (SSSR count). The van der Waals surface area contributed by atoms with E-state index in [4.69, 9.17) is 32.7 Å². The van der Waals surface area contributed by atoms with E-state index in [1.807, 2.05) is 0 Å². The summed E-state index contributed by atoms with van der Waals surface area (Å²) in [5.74, 6) is 0.607. The zero-order valence-corrected chi connectivity index (χ0v) is 17.0. The van der Waals surface area contributed by atoms with Crippen LogP contribution in [0.15, 0.2) is 60.7 Å². The molecular formula is C23H16Cl2FNO2. The molecule has 29 heavy (non-hydrogen) atoms. The summed E-state index contributed by atoms with van der Waals surface area (Å²) in [6.07, 6.45) is 1.69. The minimum atomic E-state index is -0.329. The van der Waals surface area contributed by atoms with Crippen molar-refractivity contribution in [3.63, 3.8) is 0 Å². The van der Waals surface area contributed by atoms with Gasteiger partial charge < -0.3 is 9.47 Å². The maximum Gasteiger partial charge on any atom is 0.161 e. The van der Waals surface area contributed by atoms with Gasteiger partial charge in [0.2, 0.25) is 0 Å². The standard InChI is InChI=1S/C23H16Cl2FNO2/c1-28-23-11-15(10-17(13-27)19-8-7-18(24)12-20(19)25)6-9-22(23)29-14-16-4-2-3-5-21(16)26/h2-12H,14H2,1H3/b17-10+. The van der Waals surface area contributed by atoms with E-state index in [9.17, 15) is 9.65 Å². The summed E-state index contributed by atoms with van der Waals surface area (Å²) in [4.78, 5) is 0. The van der Waals surface area contributed by atoms with Crippen LogP contribution in [0.3, 0.4) is 0 Å². The first-order chi connectivity index (χ1) is 14.0. The van der Waals surface area contributed by atoms with Gasteiger partial charge in [-0.1, -0.05) is 53.5 Å². The first kappa shape index (κ1) is 20.7. The van der Waals surface area contributed by atoms with E-state index in [1.54, 1.807) is 60.7 Å². The summed E-state index contributed by atoms with van der Waals surface area (Å²) in [6, 6.07) is 18.8. The maximum atomic E-state index is 13.8. The Morgan fingerprint density at radius 2 is 1.86 bits per heavy atom. The third kappa shape index (κ3) is 5.08. The molecule has 6 heteroatoms. The molecule has 0 fully saturated rings. The molecule has 0 aliphatic heterocycles. The molecule has 3 aromatic rings. The van der Waals surface area contributed by atoms with E-state index in [2.05, 4.69) is 6.07 Å². The third-order valence-electron chi connectivity index (χ3n) is 4.18. The van der Waals surface area contributed by atoms with E-state index >= 15 is 0 Å². The zero-order valence-electron chi connectivity index (χ0n) is 15.5. The lowest BCUT2D eigenvalue weighted by Crippen LogP contribution is -2.00. The molecule has 0 saturated carbocycles. The van der Waals surface area contributed by atoms with Crippen LogP contribution >= 0.6 is 23.2 Å². The molecule has 0 heterocycles. The number of nitrogens with zero attached hydrogens (tertiary/aromatic N) is 1. The lowest BCUT2D eigenvalue weighted by Gasteiger charge is -2.12. The van der Waals surface area contributed by atoms with Crippen molar-refractivity contribution in [3.05, 3.63) is 93.2 Å². The van der Waals surface area contributed by atoms with Crippen LogP contribution in [0, 0.1) is 17.1 Å². The van der Waals surface area contributed by atoms with Gasteiger partial charge in [0.25, 0.3) is 0 Å². The summed E-state index contributed by atoms with van der Waals surface area (Å²) in [7, 11) is 1.51. The van der Waals surface area contributed by atoms with Gasteiger partial charge in [0.15, 0.2) is 11.5 Å². The Morgan fingerprint density at radius 3 is 2.55 bits per heavy atom. The van der Waals surface area contributed by atoms with Crippen molar-refractivity contribution in [2.45, 2.75) is 6.61 Å². The number of benzene rings is 3. The van der Waals surface area contributed by atoms with Gasteiger partial charge in [-0.05, 0) is 42.0 Å². The van der Waals surface area contributed by atoms with Crippen molar-refractivity contribution < 1.29 is 13.9 Å². The van der Waals surface area contributed by atoms with Gasteiger partial charge in [0, 0.05) is 16.1 Å². The Balaban J connectivity index is 1.86. The number of rotatable bonds is 6. The molecule has 0 spiro atoms. The van der Waals surface area contributed by atoms with Crippen molar-refractivity contribution in [1.29, 1.82) is 5.26 Å². The first-order valence-corrected chi connectivity index (χ1v) is 9.39. The molecule has 0 bridgehead atoms. The van der Waals surface area contributed by atoms with Gasteiger partial charge in [-0.15, -0.1) is 0 Å². The number of halogens is 3. The van der Waals surface area contributed by atoms with Crippen LogP contribution in [0.5, 0.6) is 11.5 Å². The Labute approximate surface area is 178 Å². The summed E-state index contributed by atoms with van der Waals surface area (Å²) in [5.41, 5.74) is 2.14. The predicted molar refractivity (Wildman–Crippen MR) is 114 cm³/mol. The first-order valence-electron chi connectivity index (χ1n) is 8.63. The number of hydrogen-bond acceptors (Lipinski definition) is 3. The van der Waals surface area contributed by atoms with Crippen LogP contribution in [-0.4, -0.2) is 7.11 Å². The molecule has 0 aliphatic carbocycles. The zero-order chi connectivity index (χ0) is 20.8. The van der Waals surface area contributed by atoms with Crippen molar-refractivity contribution >= 4 is 34.9 Å². The Kier molecular flexibility index (Phi) is 6.77. The van der Waals surface area contributed by atoms with Crippen LogP contribution in [0.25, 0.3) is 11.6 Å². The van der Waals surface area contributed by atoms with Crippen molar-refractivity contribution in [2.24, 2.45) is 0 Å². The Bertz CT molecular complexity index is 1110. The lowest BCUT2D eigenvalue weighted by molar-refractivity contribution is 0.279. The minimum Gasteiger partial charge on any atom is -0.493 e. The maximum absolute atomic E-state index is 13.8. The molecule has 0 amide bonds. The van der Waals surface area contributed by atoms with E-state index < -0.39 is 0 Å². The number of hydrogen-bond donors (Lipinski definition) is 0. The highest BCUT2D eigenvalue weighted by atomic mass is 35.5. The van der Waals surface area contributed by atoms with Crippen LogP contribution in [0.4, 0.5) is 4.39 Å². The second kappa shape index (κ2) is 9.47. The second-order valence-electron chi connectivity index (χ2n) is 6.08. The monoisotopic (exact) mass is 427 g/mol. The highest BCUT2D eigenvalue weighted by molar-refractivity contribution is 6.36. The summed E-state index contributed by atoms with van der Waals surface area (Å²) in [5, 5.41) is 10.4. The average Bonchev–Trinajstić information content (AvgIpc) is 2.72. The van der Waals surface area contributed by atoms with Crippen LogP contribution in [0.2, 0.25) is 10.0 Å². The third-order valence-corrected chi connectivity index (χ3v) is 4.73. The summed E-state index contributed by atoms with van der Waals surface area (Å²) >= 11 is 12.1. The quantitative estimate of drug-likeness (QED) is 0.321. The molecule has 3 nitrogen and oxygen atoms in total. The van der Waals surface area contributed by atoms with Crippen LogP contribution in [0.1, 0.15) is 16.7 Å². The SMILES string of the molecule is COc1cc(/C=C(\C#N)c2ccc(Cl)cc2Cl)ccc1OCc1ccccc1F. The Hall–Kier alpha value is -3.00. The van der Waals surface area contributed by atoms with Crippen molar-refractivity contribution in [3.8, 4) is 17.6 Å². The highest BCUT2D eigenvalue weighted by Crippen LogP contribution is 2.32. The Morgan fingerprint density at radius 1 is 1.07 bits per heavy atom. The molecule has 0 unspecified atom stereocenters. The number of nitriles is 1. The molecule has 0 N–H and O–H groups in total. The normalized spacial score (nSPS) is 11.1. The van der Waals surface area contributed by atoms with Gasteiger partial charge in [-0.25, -0.2) is 4.39 Å². The van der Waals surface area contributed by atoms with Gasteiger partial charge in [-0.2, -0.15) is 5.26 Å². The smallest absolute Gasteiger partial charge is 0.161 e. The van der Waals surface area contributed by atoms with E-state index in [-0.39, 0.29) is 12.4 Å². The fourth-order valence-electron chi connectivity index (χ4n) is 2.71. The minimum absolute atomic E-state index is 0.0715. The molecule has 0 saturated heterocycles.